The summed E-state index contributed by atoms with van der Waals surface area (Å²) in [5.74, 6) is 3.73. The Morgan fingerprint density at radius 2 is 1.59 bits per heavy atom. The smallest absolute Gasteiger partial charge is 0.119 e. The number of anilines is 1. The van der Waals surface area contributed by atoms with E-state index in [2.05, 4.69) is 52.3 Å². The quantitative estimate of drug-likeness (QED) is 0.615. The third kappa shape index (κ3) is 3.77. The van der Waals surface area contributed by atoms with Crippen molar-refractivity contribution in [3.8, 4) is 18.1 Å². The number of fused-ring (bicyclic) bond motifs is 1. The molecule has 0 unspecified atom stereocenters. The second kappa shape index (κ2) is 8.16. The van der Waals surface area contributed by atoms with Gasteiger partial charge in [0.05, 0.1) is 12.2 Å². The Morgan fingerprint density at radius 3 is 2.41 bits per heavy atom. The number of terminal acetylenes is 1. The topological polar surface area (TPSA) is 15.7 Å². The number of rotatable bonds is 5. The molecule has 4 rings (SSSR count). The number of benzene rings is 3. The van der Waals surface area contributed by atoms with Crippen LogP contribution in [0.3, 0.4) is 0 Å². The molecule has 136 valence electrons. The van der Waals surface area contributed by atoms with E-state index in [1.807, 2.05) is 30.3 Å². The van der Waals surface area contributed by atoms with Crippen LogP contribution in [0.4, 0.5) is 5.69 Å². The molecule has 3 heteroatoms. The van der Waals surface area contributed by atoms with Crippen LogP contribution in [0.2, 0.25) is 0 Å². The number of para-hydroxylation sites is 1. The molecule has 1 heterocycles. The number of hydrogen-bond donors (Lipinski definition) is 0. The van der Waals surface area contributed by atoms with Crippen LogP contribution in [0.5, 0.6) is 5.75 Å². The molecular formula is C24H24N2O. The molecule has 3 aromatic rings. The molecule has 1 aliphatic rings. The van der Waals surface area contributed by atoms with Gasteiger partial charge in [-0.2, -0.15) is 0 Å². The van der Waals surface area contributed by atoms with Gasteiger partial charge in [0.15, 0.2) is 0 Å². The molecular weight excluding hydrogens is 332 g/mol. The SMILES string of the molecule is C#Cc1ccc(N2CCCCN2CCOc2ccccc2)c2ccccc12. The summed E-state index contributed by atoms with van der Waals surface area (Å²) in [6.07, 6.45) is 8.11. The van der Waals surface area contributed by atoms with Crippen LogP contribution in [0.25, 0.3) is 10.8 Å². The van der Waals surface area contributed by atoms with Crippen LogP contribution in [-0.2, 0) is 0 Å². The average molecular weight is 356 g/mol. The lowest BCUT2D eigenvalue weighted by Gasteiger charge is -2.40. The van der Waals surface area contributed by atoms with Crippen LogP contribution < -0.4 is 9.75 Å². The number of hydrogen-bond acceptors (Lipinski definition) is 3. The van der Waals surface area contributed by atoms with Crippen molar-refractivity contribution in [1.29, 1.82) is 0 Å². The first-order valence-corrected chi connectivity index (χ1v) is 9.55. The highest BCUT2D eigenvalue weighted by Gasteiger charge is 2.22. The van der Waals surface area contributed by atoms with Gasteiger partial charge in [0, 0.05) is 24.0 Å². The summed E-state index contributed by atoms with van der Waals surface area (Å²) in [4.78, 5) is 0. The van der Waals surface area contributed by atoms with Gasteiger partial charge in [-0.3, -0.25) is 0 Å². The lowest BCUT2D eigenvalue weighted by Crippen LogP contribution is -2.49. The molecule has 0 aromatic heterocycles. The number of ether oxygens (including phenoxy) is 1. The summed E-state index contributed by atoms with van der Waals surface area (Å²) in [6, 6.07) is 22.6. The minimum atomic E-state index is 0.668. The van der Waals surface area contributed by atoms with Crippen molar-refractivity contribution >= 4 is 16.5 Å². The van der Waals surface area contributed by atoms with Gasteiger partial charge < -0.3 is 9.75 Å². The van der Waals surface area contributed by atoms with Crippen LogP contribution in [0.15, 0.2) is 66.7 Å². The molecule has 1 fully saturated rings. The van der Waals surface area contributed by atoms with Crippen LogP contribution in [0, 0.1) is 12.3 Å². The fraction of sp³-hybridized carbons (Fsp3) is 0.250. The zero-order valence-corrected chi connectivity index (χ0v) is 15.5. The molecule has 3 aromatic carbocycles. The normalized spacial score (nSPS) is 14.9. The van der Waals surface area contributed by atoms with Gasteiger partial charge in [-0.15, -0.1) is 6.42 Å². The molecule has 1 aliphatic heterocycles. The fourth-order valence-electron chi connectivity index (χ4n) is 3.74. The van der Waals surface area contributed by atoms with Gasteiger partial charge in [-0.05, 0) is 42.5 Å². The first-order valence-electron chi connectivity index (χ1n) is 9.55. The molecule has 0 N–H and O–H groups in total. The molecule has 0 bridgehead atoms. The Kier molecular flexibility index (Phi) is 5.27. The average Bonchev–Trinajstić information content (AvgIpc) is 2.74. The predicted octanol–water partition coefficient (Wildman–Crippen LogP) is 4.72. The van der Waals surface area contributed by atoms with Crippen LogP contribution in [0.1, 0.15) is 18.4 Å². The first kappa shape index (κ1) is 17.5. The molecule has 0 spiro atoms. The molecule has 0 amide bonds. The Bertz CT molecular complexity index is 946. The summed E-state index contributed by atoms with van der Waals surface area (Å²) in [5, 5.41) is 7.16. The highest BCUT2D eigenvalue weighted by atomic mass is 16.5. The maximum absolute atomic E-state index is 5.92. The van der Waals surface area contributed by atoms with E-state index in [1.54, 1.807) is 0 Å². The fourth-order valence-corrected chi connectivity index (χ4v) is 3.74. The third-order valence-electron chi connectivity index (χ3n) is 5.07. The standard InChI is InChI=1S/C24H24N2O/c1-2-20-14-15-24(23-13-7-6-12-22(20)23)26-17-9-8-16-25(26)18-19-27-21-10-4-3-5-11-21/h1,3-7,10-15H,8-9,16-19H2. The van der Waals surface area contributed by atoms with Crippen molar-refractivity contribution in [3.63, 3.8) is 0 Å². The zero-order valence-electron chi connectivity index (χ0n) is 15.5. The van der Waals surface area contributed by atoms with Crippen molar-refractivity contribution < 1.29 is 4.74 Å². The van der Waals surface area contributed by atoms with Crippen molar-refractivity contribution in [2.45, 2.75) is 12.8 Å². The highest BCUT2D eigenvalue weighted by Crippen LogP contribution is 2.31. The minimum Gasteiger partial charge on any atom is -0.492 e. The molecule has 0 saturated carbocycles. The third-order valence-corrected chi connectivity index (χ3v) is 5.07. The van der Waals surface area contributed by atoms with Gasteiger partial charge in [-0.1, -0.05) is 48.4 Å². The van der Waals surface area contributed by atoms with Gasteiger partial charge in [0.2, 0.25) is 0 Å². The summed E-state index contributed by atoms with van der Waals surface area (Å²) in [7, 11) is 0. The summed E-state index contributed by atoms with van der Waals surface area (Å²) >= 11 is 0. The maximum Gasteiger partial charge on any atom is 0.119 e. The molecule has 1 saturated heterocycles. The van der Waals surface area contributed by atoms with Gasteiger partial charge in [0.1, 0.15) is 12.4 Å². The molecule has 0 atom stereocenters. The summed E-state index contributed by atoms with van der Waals surface area (Å²) in [6.45, 7) is 3.59. The molecule has 0 aliphatic carbocycles. The van der Waals surface area contributed by atoms with E-state index in [9.17, 15) is 0 Å². The molecule has 3 nitrogen and oxygen atoms in total. The van der Waals surface area contributed by atoms with Crippen LogP contribution in [-0.4, -0.2) is 31.3 Å². The van der Waals surface area contributed by atoms with E-state index in [-0.39, 0.29) is 0 Å². The van der Waals surface area contributed by atoms with Gasteiger partial charge in [0.25, 0.3) is 0 Å². The van der Waals surface area contributed by atoms with Crippen molar-refractivity contribution in [2.24, 2.45) is 0 Å². The Morgan fingerprint density at radius 1 is 0.852 bits per heavy atom. The van der Waals surface area contributed by atoms with E-state index in [0.717, 1.165) is 36.3 Å². The largest absolute Gasteiger partial charge is 0.492 e. The lowest BCUT2D eigenvalue weighted by molar-refractivity contribution is 0.172. The second-order valence-electron chi connectivity index (χ2n) is 6.77. The number of nitrogens with zero attached hydrogens (tertiary/aromatic N) is 2. The van der Waals surface area contributed by atoms with E-state index in [4.69, 9.17) is 11.2 Å². The maximum atomic E-state index is 5.92. The van der Waals surface area contributed by atoms with E-state index in [1.165, 1.54) is 23.9 Å². The Balaban J connectivity index is 1.56. The van der Waals surface area contributed by atoms with Crippen molar-refractivity contribution in [2.75, 3.05) is 31.3 Å². The summed E-state index contributed by atoms with van der Waals surface area (Å²) in [5.41, 5.74) is 2.18. The van der Waals surface area contributed by atoms with Gasteiger partial charge >= 0.3 is 0 Å². The monoisotopic (exact) mass is 356 g/mol. The van der Waals surface area contributed by atoms with Gasteiger partial charge in [-0.25, -0.2) is 5.01 Å². The van der Waals surface area contributed by atoms with Crippen molar-refractivity contribution in [3.05, 3.63) is 72.3 Å². The highest BCUT2D eigenvalue weighted by molar-refractivity contribution is 5.97. The zero-order chi connectivity index (χ0) is 18.5. The first-order chi connectivity index (χ1) is 13.4. The van der Waals surface area contributed by atoms with Crippen LogP contribution >= 0.6 is 0 Å². The Labute approximate surface area is 161 Å². The molecule has 27 heavy (non-hydrogen) atoms. The van der Waals surface area contributed by atoms with E-state index in [0.29, 0.717) is 6.61 Å². The van der Waals surface area contributed by atoms with Crippen molar-refractivity contribution in [1.82, 2.24) is 5.01 Å². The second-order valence-corrected chi connectivity index (χ2v) is 6.77. The lowest BCUT2D eigenvalue weighted by atomic mass is 10.0. The summed E-state index contributed by atoms with van der Waals surface area (Å²) < 4.78 is 5.92. The molecule has 0 radical (unpaired) electrons. The Hall–Kier alpha value is -2.96. The van der Waals surface area contributed by atoms with E-state index < -0.39 is 0 Å². The van der Waals surface area contributed by atoms with E-state index >= 15 is 0 Å². The number of hydrazine groups is 1. The minimum absolute atomic E-state index is 0.668. The predicted molar refractivity (Wildman–Crippen MR) is 112 cm³/mol.